The number of nitrogens with one attached hydrogen (secondary N) is 1. The number of sulfonamides is 1. The Morgan fingerprint density at radius 3 is 2.52 bits per heavy atom. The summed E-state index contributed by atoms with van der Waals surface area (Å²) >= 11 is 0. The second-order valence-electron chi connectivity index (χ2n) is 7.66. The molecule has 1 aliphatic heterocycles. The minimum atomic E-state index is -3.79. The van der Waals surface area contributed by atoms with Crippen LogP contribution in [-0.4, -0.2) is 44.9 Å². The Labute approximate surface area is 171 Å². The van der Waals surface area contributed by atoms with Crippen LogP contribution in [-0.2, 0) is 14.8 Å². The van der Waals surface area contributed by atoms with Gasteiger partial charge in [-0.2, -0.15) is 4.31 Å². The molecular formula is C21H26N2O5S. The molecule has 1 N–H and O–H groups in total. The molecule has 2 aromatic rings. The lowest BCUT2D eigenvalue weighted by Crippen LogP contribution is -2.44. The van der Waals surface area contributed by atoms with Crippen molar-refractivity contribution < 1.29 is 22.7 Å². The van der Waals surface area contributed by atoms with Gasteiger partial charge in [0.2, 0.25) is 15.9 Å². The summed E-state index contributed by atoms with van der Waals surface area (Å²) in [5.74, 6) is 0.917. The van der Waals surface area contributed by atoms with E-state index in [0.29, 0.717) is 12.2 Å². The molecular weight excluding hydrogens is 392 g/mol. The molecule has 0 fully saturated rings. The highest BCUT2D eigenvalue weighted by Gasteiger charge is 2.34. The van der Waals surface area contributed by atoms with Gasteiger partial charge in [-0.1, -0.05) is 18.2 Å². The minimum absolute atomic E-state index is 0.103. The van der Waals surface area contributed by atoms with Gasteiger partial charge in [-0.3, -0.25) is 4.79 Å². The van der Waals surface area contributed by atoms with Crippen molar-refractivity contribution in [1.29, 1.82) is 0 Å². The van der Waals surface area contributed by atoms with Crippen molar-refractivity contribution in [3.05, 3.63) is 54.1 Å². The molecule has 8 heteroatoms. The maximum Gasteiger partial charge on any atom is 0.243 e. The Bertz CT molecular complexity index is 986. The smallest absolute Gasteiger partial charge is 0.243 e. The highest BCUT2D eigenvalue weighted by atomic mass is 32.2. The van der Waals surface area contributed by atoms with Gasteiger partial charge in [0.1, 0.15) is 17.1 Å². The van der Waals surface area contributed by atoms with Gasteiger partial charge in [0.05, 0.1) is 24.6 Å². The summed E-state index contributed by atoms with van der Waals surface area (Å²) in [5.41, 5.74) is 0.453. The van der Waals surface area contributed by atoms with Crippen molar-refractivity contribution in [1.82, 2.24) is 9.62 Å². The number of rotatable bonds is 6. The number of ether oxygens (including phenoxy) is 2. The molecule has 7 nitrogen and oxygen atoms in total. The van der Waals surface area contributed by atoms with Crippen molar-refractivity contribution in [3.8, 4) is 11.5 Å². The van der Waals surface area contributed by atoms with Crippen LogP contribution < -0.4 is 14.8 Å². The van der Waals surface area contributed by atoms with E-state index < -0.39 is 15.6 Å². The lowest BCUT2D eigenvalue weighted by atomic mass is 9.89. The fraction of sp³-hybridized carbons (Fsp3) is 0.381. The van der Waals surface area contributed by atoms with Crippen molar-refractivity contribution >= 4 is 15.9 Å². The first-order chi connectivity index (χ1) is 13.6. The van der Waals surface area contributed by atoms with Crippen molar-refractivity contribution in [3.63, 3.8) is 0 Å². The van der Waals surface area contributed by atoms with Crippen LogP contribution in [0.5, 0.6) is 11.5 Å². The van der Waals surface area contributed by atoms with Crippen molar-refractivity contribution in [2.45, 2.75) is 36.8 Å². The van der Waals surface area contributed by atoms with Crippen LogP contribution in [0.2, 0.25) is 0 Å². The summed E-state index contributed by atoms with van der Waals surface area (Å²) in [7, 11) is -0.891. The van der Waals surface area contributed by atoms with E-state index in [1.807, 2.05) is 38.1 Å². The zero-order valence-corrected chi connectivity index (χ0v) is 17.8. The normalized spacial score (nSPS) is 17.9. The number of fused-ring (bicyclic) bond motifs is 1. The second kappa shape index (κ2) is 8.04. The lowest BCUT2D eigenvalue weighted by molar-refractivity contribution is -0.122. The predicted molar refractivity (Wildman–Crippen MR) is 109 cm³/mol. The number of para-hydroxylation sites is 1. The molecule has 1 amide bonds. The molecule has 1 aliphatic rings. The van der Waals surface area contributed by atoms with Crippen LogP contribution in [0.4, 0.5) is 0 Å². The number of likely N-dealkylation sites (N-methyl/N-ethyl adjacent to an activating group) is 1. The first kappa shape index (κ1) is 21.1. The molecule has 0 aliphatic carbocycles. The highest BCUT2D eigenvalue weighted by molar-refractivity contribution is 7.89. The molecule has 2 aromatic carbocycles. The Morgan fingerprint density at radius 1 is 1.21 bits per heavy atom. The maximum absolute atomic E-state index is 12.7. The molecule has 0 aromatic heterocycles. The van der Waals surface area contributed by atoms with Crippen molar-refractivity contribution in [2.24, 2.45) is 0 Å². The second-order valence-corrected chi connectivity index (χ2v) is 9.71. The molecule has 0 spiro atoms. The van der Waals surface area contributed by atoms with Gasteiger partial charge in [0.25, 0.3) is 0 Å². The Kier molecular flexibility index (Phi) is 5.86. The fourth-order valence-corrected chi connectivity index (χ4v) is 4.51. The third kappa shape index (κ3) is 4.71. The molecule has 0 radical (unpaired) electrons. The number of amides is 1. The number of methoxy groups -OCH3 is 1. The van der Waals surface area contributed by atoms with Gasteiger partial charge in [0, 0.05) is 19.0 Å². The van der Waals surface area contributed by atoms with Crippen LogP contribution in [0.1, 0.15) is 31.9 Å². The number of hydrogen-bond acceptors (Lipinski definition) is 5. The molecule has 1 atom stereocenters. The van der Waals surface area contributed by atoms with Crippen LogP contribution >= 0.6 is 0 Å². The van der Waals surface area contributed by atoms with Crippen molar-refractivity contribution in [2.75, 3.05) is 20.7 Å². The molecule has 0 saturated carbocycles. The van der Waals surface area contributed by atoms with E-state index >= 15 is 0 Å². The Hall–Kier alpha value is -2.58. The summed E-state index contributed by atoms with van der Waals surface area (Å²) < 4.78 is 37.6. The van der Waals surface area contributed by atoms with Crippen LogP contribution in [0.3, 0.4) is 0 Å². The van der Waals surface area contributed by atoms with Crippen LogP contribution in [0.25, 0.3) is 0 Å². The van der Waals surface area contributed by atoms with E-state index in [0.717, 1.165) is 15.6 Å². The van der Waals surface area contributed by atoms with E-state index in [2.05, 4.69) is 5.32 Å². The largest absolute Gasteiger partial charge is 0.497 e. The average molecular weight is 419 g/mol. The van der Waals surface area contributed by atoms with Crippen LogP contribution in [0, 0.1) is 0 Å². The van der Waals surface area contributed by atoms with Gasteiger partial charge in [-0.25, -0.2) is 8.42 Å². The van der Waals surface area contributed by atoms with E-state index in [4.69, 9.17) is 9.47 Å². The Balaban J connectivity index is 1.71. The van der Waals surface area contributed by atoms with Gasteiger partial charge in [-0.05, 0) is 44.2 Å². The number of carbonyl (C=O) groups is 1. The summed E-state index contributed by atoms with van der Waals surface area (Å²) in [6.07, 6.45) is 0.588. The summed E-state index contributed by atoms with van der Waals surface area (Å²) in [6, 6.07) is 13.4. The molecule has 0 bridgehead atoms. The van der Waals surface area contributed by atoms with Gasteiger partial charge in [0.15, 0.2) is 0 Å². The zero-order valence-electron chi connectivity index (χ0n) is 17.0. The average Bonchev–Trinajstić information content (AvgIpc) is 2.67. The first-order valence-corrected chi connectivity index (χ1v) is 10.7. The summed E-state index contributed by atoms with van der Waals surface area (Å²) in [6.45, 7) is 3.64. The fourth-order valence-electron chi connectivity index (χ4n) is 3.39. The number of nitrogens with zero attached hydrogens (tertiary/aromatic N) is 1. The standard InChI is InChI=1S/C21H26N2O5S/c1-21(2)13-18(17-7-5-6-8-19(17)28-21)22-20(24)14-23(3)29(25,26)16-11-9-15(27-4)10-12-16/h5-12,18H,13-14H2,1-4H3,(H,22,24)/t18-/m1/s1. The lowest BCUT2D eigenvalue weighted by Gasteiger charge is -2.38. The summed E-state index contributed by atoms with van der Waals surface area (Å²) in [4.78, 5) is 12.7. The molecule has 29 heavy (non-hydrogen) atoms. The molecule has 156 valence electrons. The van der Waals surface area contributed by atoms with Gasteiger partial charge in [-0.15, -0.1) is 0 Å². The monoisotopic (exact) mass is 418 g/mol. The molecule has 0 unspecified atom stereocenters. The number of benzene rings is 2. The van der Waals surface area contributed by atoms with Gasteiger partial charge >= 0.3 is 0 Å². The Morgan fingerprint density at radius 2 is 1.86 bits per heavy atom. The van der Waals surface area contributed by atoms with E-state index in [-0.39, 0.29) is 23.4 Å². The topological polar surface area (TPSA) is 84.9 Å². The van der Waals surface area contributed by atoms with Gasteiger partial charge < -0.3 is 14.8 Å². The quantitative estimate of drug-likeness (QED) is 0.780. The zero-order chi connectivity index (χ0) is 21.2. The minimum Gasteiger partial charge on any atom is -0.497 e. The van der Waals surface area contributed by atoms with E-state index in [1.165, 1.54) is 26.3 Å². The molecule has 0 saturated heterocycles. The number of carbonyl (C=O) groups excluding carboxylic acids is 1. The third-order valence-corrected chi connectivity index (χ3v) is 6.66. The maximum atomic E-state index is 12.7. The predicted octanol–water partition coefficient (Wildman–Crippen LogP) is 2.73. The third-order valence-electron chi connectivity index (χ3n) is 4.85. The van der Waals surface area contributed by atoms with E-state index in [9.17, 15) is 13.2 Å². The summed E-state index contributed by atoms with van der Waals surface area (Å²) in [5, 5.41) is 2.96. The SMILES string of the molecule is COc1ccc(S(=O)(=O)N(C)CC(=O)N[C@@H]2CC(C)(C)Oc3ccccc32)cc1. The highest BCUT2D eigenvalue weighted by Crippen LogP contribution is 2.39. The first-order valence-electron chi connectivity index (χ1n) is 9.30. The molecule has 3 rings (SSSR count). The number of hydrogen-bond donors (Lipinski definition) is 1. The van der Waals surface area contributed by atoms with E-state index in [1.54, 1.807) is 12.1 Å². The molecule has 1 heterocycles. The van der Waals surface area contributed by atoms with Crippen LogP contribution in [0.15, 0.2) is 53.4 Å².